The van der Waals surface area contributed by atoms with Crippen molar-refractivity contribution in [1.82, 2.24) is 0 Å². The third kappa shape index (κ3) is 4.69. The number of ether oxygens (including phenoxy) is 1. The van der Waals surface area contributed by atoms with Crippen molar-refractivity contribution < 1.29 is 23.2 Å². The summed E-state index contributed by atoms with van der Waals surface area (Å²) in [4.78, 5) is 36.2. The monoisotopic (exact) mass is 463 g/mol. The molecule has 2 aromatic carbocycles. The standard InChI is InChI=1S/C27H29NO6/c1-16-22(34-25(31)33-16)15-32-24(30)18-8-6-17(7-9-18)23(29)28-19-10-11-20-21(14-19)27(4,5)13-12-26(20,2)3/h6-11,14H,12-13,15H2,1-5H3,(H,28,29). The van der Waals surface area contributed by atoms with Crippen molar-refractivity contribution in [3.8, 4) is 0 Å². The summed E-state index contributed by atoms with van der Waals surface area (Å²) < 4.78 is 14.7. The van der Waals surface area contributed by atoms with Crippen LogP contribution in [0, 0.1) is 6.92 Å². The molecule has 0 aliphatic heterocycles. The molecule has 1 aliphatic carbocycles. The molecule has 7 heteroatoms. The quantitative estimate of drug-likeness (QED) is 0.502. The Morgan fingerprint density at radius 3 is 2.15 bits per heavy atom. The predicted octanol–water partition coefficient (Wildman–Crippen LogP) is 5.50. The summed E-state index contributed by atoms with van der Waals surface area (Å²) in [6, 6.07) is 12.3. The zero-order chi connectivity index (χ0) is 24.7. The second-order valence-corrected chi connectivity index (χ2v) is 10.1. The van der Waals surface area contributed by atoms with Gasteiger partial charge in [0.1, 0.15) is 0 Å². The first-order valence-corrected chi connectivity index (χ1v) is 11.3. The molecule has 178 valence electrons. The smallest absolute Gasteiger partial charge is 0.454 e. The number of aryl methyl sites for hydroxylation is 1. The molecule has 3 aromatic rings. The Kier molecular flexibility index (Phi) is 5.98. The van der Waals surface area contributed by atoms with Crippen molar-refractivity contribution >= 4 is 17.6 Å². The molecule has 7 nitrogen and oxygen atoms in total. The third-order valence-electron chi connectivity index (χ3n) is 6.66. The van der Waals surface area contributed by atoms with E-state index in [1.807, 2.05) is 6.07 Å². The highest BCUT2D eigenvalue weighted by Gasteiger charge is 2.37. The van der Waals surface area contributed by atoms with E-state index in [-0.39, 0.29) is 40.4 Å². The Balaban J connectivity index is 1.44. The van der Waals surface area contributed by atoms with Gasteiger partial charge in [-0.25, -0.2) is 9.59 Å². The van der Waals surface area contributed by atoms with E-state index in [1.54, 1.807) is 19.1 Å². The average molecular weight is 464 g/mol. The molecule has 4 rings (SSSR count). The normalized spacial score (nSPS) is 15.9. The van der Waals surface area contributed by atoms with Gasteiger partial charge in [0.2, 0.25) is 0 Å². The van der Waals surface area contributed by atoms with E-state index in [0.29, 0.717) is 5.56 Å². The van der Waals surface area contributed by atoms with E-state index in [9.17, 15) is 14.4 Å². The van der Waals surface area contributed by atoms with Gasteiger partial charge < -0.3 is 18.9 Å². The van der Waals surface area contributed by atoms with Crippen LogP contribution >= 0.6 is 0 Å². The molecular weight excluding hydrogens is 434 g/mol. The van der Waals surface area contributed by atoms with Crippen molar-refractivity contribution in [2.75, 3.05) is 5.32 Å². The highest BCUT2D eigenvalue weighted by atomic mass is 16.6. The number of rotatable bonds is 5. The van der Waals surface area contributed by atoms with Crippen molar-refractivity contribution in [3.63, 3.8) is 0 Å². The maximum Gasteiger partial charge on any atom is 0.519 e. The van der Waals surface area contributed by atoms with Crippen LogP contribution in [-0.4, -0.2) is 11.9 Å². The van der Waals surface area contributed by atoms with Crippen LogP contribution < -0.4 is 11.1 Å². The number of hydrogen-bond acceptors (Lipinski definition) is 6. The number of carbonyl (C=O) groups is 2. The summed E-state index contributed by atoms with van der Waals surface area (Å²) in [7, 11) is 0. The van der Waals surface area contributed by atoms with Crippen LogP contribution in [0.15, 0.2) is 56.1 Å². The van der Waals surface area contributed by atoms with Gasteiger partial charge >= 0.3 is 11.8 Å². The van der Waals surface area contributed by atoms with Crippen LogP contribution in [-0.2, 0) is 22.2 Å². The maximum atomic E-state index is 12.8. The third-order valence-corrected chi connectivity index (χ3v) is 6.66. The molecule has 1 amide bonds. The van der Waals surface area contributed by atoms with Crippen LogP contribution in [0.1, 0.15) is 83.9 Å². The summed E-state index contributed by atoms with van der Waals surface area (Å²) in [6.07, 6.45) is 2.22. The number of hydrogen-bond donors (Lipinski definition) is 1. The van der Waals surface area contributed by atoms with Gasteiger partial charge in [-0.2, -0.15) is 0 Å². The first kappa shape index (κ1) is 23.5. The highest BCUT2D eigenvalue weighted by molar-refractivity contribution is 6.05. The Bertz CT molecular complexity index is 1290. The van der Waals surface area contributed by atoms with Gasteiger partial charge in [0.05, 0.1) is 5.56 Å². The average Bonchev–Trinajstić information content (AvgIpc) is 3.12. The molecule has 1 aliphatic rings. The van der Waals surface area contributed by atoms with Gasteiger partial charge in [-0.15, -0.1) is 0 Å². The van der Waals surface area contributed by atoms with Crippen LogP contribution in [0.25, 0.3) is 0 Å². The Morgan fingerprint density at radius 2 is 1.53 bits per heavy atom. The zero-order valence-electron chi connectivity index (χ0n) is 20.1. The molecule has 34 heavy (non-hydrogen) atoms. The fourth-order valence-electron chi connectivity index (χ4n) is 4.35. The molecular formula is C27H29NO6. The van der Waals surface area contributed by atoms with Gasteiger partial charge in [-0.05, 0) is 78.1 Å². The largest absolute Gasteiger partial charge is 0.519 e. The van der Waals surface area contributed by atoms with Gasteiger partial charge in [0.15, 0.2) is 18.1 Å². The number of esters is 1. The molecule has 1 aromatic heterocycles. The van der Waals surface area contributed by atoms with E-state index in [1.165, 1.54) is 23.3 Å². The van der Waals surface area contributed by atoms with E-state index in [2.05, 4.69) is 45.1 Å². The summed E-state index contributed by atoms with van der Waals surface area (Å²) in [5, 5.41) is 2.97. The first-order valence-electron chi connectivity index (χ1n) is 11.3. The van der Waals surface area contributed by atoms with Crippen molar-refractivity contribution in [1.29, 1.82) is 0 Å². The molecule has 0 fully saturated rings. The SMILES string of the molecule is Cc1oc(=O)oc1COC(=O)c1ccc(C(=O)Nc2ccc3c(c2)C(C)(C)CCC3(C)C)cc1. The first-order chi connectivity index (χ1) is 16.0. The van der Waals surface area contributed by atoms with Crippen LogP contribution in [0.5, 0.6) is 0 Å². The lowest BCUT2D eigenvalue weighted by Gasteiger charge is -2.42. The van der Waals surface area contributed by atoms with E-state index < -0.39 is 11.8 Å². The summed E-state index contributed by atoms with van der Waals surface area (Å²) >= 11 is 0. The van der Waals surface area contributed by atoms with Gasteiger partial charge in [0.25, 0.3) is 5.91 Å². The Labute approximate surface area is 198 Å². The van der Waals surface area contributed by atoms with E-state index in [4.69, 9.17) is 13.6 Å². The van der Waals surface area contributed by atoms with Gasteiger partial charge in [-0.3, -0.25) is 4.79 Å². The lowest BCUT2D eigenvalue weighted by molar-refractivity contribution is 0.0442. The zero-order valence-corrected chi connectivity index (χ0v) is 20.1. The molecule has 0 spiro atoms. The van der Waals surface area contributed by atoms with Crippen LogP contribution in [0.3, 0.4) is 0 Å². The number of nitrogens with one attached hydrogen (secondary N) is 1. The molecule has 1 N–H and O–H groups in total. The number of anilines is 1. The predicted molar refractivity (Wildman–Crippen MR) is 127 cm³/mol. The molecule has 1 heterocycles. The number of fused-ring (bicyclic) bond motifs is 1. The number of carbonyl (C=O) groups excluding carboxylic acids is 2. The van der Waals surface area contributed by atoms with Crippen LogP contribution in [0.2, 0.25) is 0 Å². The molecule has 0 saturated heterocycles. The lowest BCUT2D eigenvalue weighted by atomic mass is 9.63. The van der Waals surface area contributed by atoms with Crippen LogP contribution in [0.4, 0.5) is 5.69 Å². The molecule has 0 atom stereocenters. The summed E-state index contributed by atoms with van der Waals surface area (Å²) in [5.41, 5.74) is 4.20. The van der Waals surface area contributed by atoms with E-state index in [0.717, 1.165) is 18.5 Å². The highest BCUT2D eigenvalue weighted by Crippen LogP contribution is 2.46. The number of amides is 1. The topological polar surface area (TPSA) is 98.8 Å². The number of benzene rings is 2. The molecule has 0 unspecified atom stereocenters. The fraction of sp³-hybridized carbons (Fsp3) is 0.370. The van der Waals surface area contributed by atoms with Crippen molar-refractivity contribution in [2.24, 2.45) is 0 Å². The fourth-order valence-corrected chi connectivity index (χ4v) is 4.35. The molecule has 0 saturated carbocycles. The molecule has 0 bridgehead atoms. The lowest BCUT2D eigenvalue weighted by Crippen LogP contribution is -2.33. The van der Waals surface area contributed by atoms with Gasteiger partial charge in [-0.1, -0.05) is 33.8 Å². The van der Waals surface area contributed by atoms with Gasteiger partial charge in [0, 0.05) is 11.3 Å². The Hall–Kier alpha value is -3.61. The summed E-state index contributed by atoms with van der Waals surface area (Å²) in [6.45, 7) is 10.3. The summed E-state index contributed by atoms with van der Waals surface area (Å²) in [5.74, 6) is -1.28. The molecule has 0 radical (unpaired) electrons. The second kappa shape index (κ2) is 8.63. The Morgan fingerprint density at radius 1 is 0.912 bits per heavy atom. The van der Waals surface area contributed by atoms with E-state index >= 15 is 0 Å². The minimum Gasteiger partial charge on any atom is -0.454 e. The van der Waals surface area contributed by atoms with Crippen molar-refractivity contribution in [3.05, 3.63) is 86.9 Å². The van der Waals surface area contributed by atoms with Crippen molar-refractivity contribution in [2.45, 2.75) is 64.9 Å². The minimum absolute atomic E-state index is 0.0468. The maximum absolute atomic E-state index is 12.8. The second-order valence-electron chi connectivity index (χ2n) is 10.1. The minimum atomic E-state index is -0.842.